The Morgan fingerprint density at radius 3 is 3.04 bits per heavy atom. The molecule has 0 radical (unpaired) electrons. The number of rotatable bonds is 4. The standard InChI is InChI=1S/C20H19ClN4O2/c1-25-12-15-14(6-2-8-17(15)24-25)20(26)23-18-9-3-7-16(21)19(18)27-13-5-4-10-22-11-13/h3-5,7,9-12,14H,2,6,8H2,1H3,(H,23,26). The number of fused-ring (bicyclic) bond motifs is 1. The largest absolute Gasteiger partial charge is 0.452 e. The molecule has 6 nitrogen and oxygen atoms in total. The fourth-order valence-electron chi connectivity index (χ4n) is 3.40. The second-order valence-corrected chi connectivity index (χ2v) is 6.95. The fraction of sp³-hybridized carbons (Fsp3) is 0.250. The number of nitrogens with one attached hydrogen (secondary N) is 1. The number of amides is 1. The van der Waals surface area contributed by atoms with Crippen LogP contribution in [0.2, 0.25) is 5.02 Å². The molecule has 0 aliphatic heterocycles. The molecule has 1 aliphatic rings. The van der Waals surface area contributed by atoms with Crippen LogP contribution in [0.3, 0.4) is 0 Å². The lowest BCUT2D eigenvalue weighted by atomic mass is 9.86. The van der Waals surface area contributed by atoms with Crippen molar-refractivity contribution in [2.75, 3.05) is 5.32 Å². The number of hydrogen-bond acceptors (Lipinski definition) is 4. The summed E-state index contributed by atoms with van der Waals surface area (Å²) in [6, 6.07) is 8.84. The van der Waals surface area contributed by atoms with E-state index < -0.39 is 0 Å². The van der Waals surface area contributed by atoms with E-state index in [1.54, 1.807) is 47.4 Å². The van der Waals surface area contributed by atoms with Crippen LogP contribution in [0.25, 0.3) is 0 Å². The first-order chi connectivity index (χ1) is 13.1. The topological polar surface area (TPSA) is 69.0 Å². The van der Waals surface area contributed by atoms with Gasteiger partial charge in [0, 0.05) is 25.0 Å². The summed E-state index contributed by atoms with van der Waals surface area (Å²) in [7, 11) is 1.88. The number of para-hydroxylation sites is 1. The predicted molar refractivity (Wildman–Crippen MR) is 103 cm³/mol. The van der Waals surface area contributed by atoms with E-state index >= 15 is 0 Å². The molecule has 0 bridgehead atoms. The molecule has 1 N–H and O–H groups in total. The van der Waals surface area contributed by atoms with Gasteiger partial charge in [-0.15, -0.1) is 0 Å². The number of hydrogen-bond donors (Lipinski definition) is 1. The third-order valence-corrected chi connectivity index (χ3v) is 4.91. The first-order valence-electron chi connectivity index (χ1n) is 8.81. The zero-order valence-electron chi connectivity index (χ0n) is 14.9. The lowest BCUT2D eigenvalue weighted by Gasteiger charge is -2.21. The van der Waals surface area contributed by atoms with Crippen LogP contribution in [0.1, 0.15) is 30.0 Å². The molecule has 7 heteroatoms. The van der Waals surface area contributed by atoms with Crippen molar-refractivity contribution in [3.63, 3.8) is 0 Å². The van der Waals surface area contributed by atoms with E-state index in [0.29, 0.717) is 22.2 Å². The number of halogens is 1. The zero-order valence-corrected chi connectivity index (χ0v) is 15.6. The summed E-state index contributed by atoms with van der Waals surface area (Å²) in [6.45, 7) is 0. The maximum Gasteiger partial charge on any atom is 0.232 e. The SMILES string of the molecule is Cn1cc2c(n1)CCCC2C(=O)Nc1cccc(Cl)c1Oc1cccnc1. The smallest absolute Gasteiger partial charge is 0.232 e. The Balaban J connectivity index is 1.60. The number of ether oxygens (including phenoxy) is 1. The summed E-state index contributed by atoms with van der Waals surface area (Å²) >= 11 is 6.32. The van der Waals surface area contributed by atoms with Crippen molar-refractivity contribution in [2.24, 2.45) is 7.05 Å². The summed E-state index contributed by atoms with van der Waals surface area (Å²) in [5, 5.41) is 7.87. The van der Waals surface area contributed by atoms with Gasteiger partial charge in [0.2, 0.25) is 5.91 Å². The molecule has 0 saturated carbocycles. The van der Waals surface area contributed by atoms with Gasteiger partial charge in [0.25, 0.3) is 0 Å². The normalized spacial score (nSPS) is 15.9. The van der Waals surface area contributed by atoms with Crippen LogP contribution in [0, 0.1) is 0 Å². The molecule has 0 spiro atoms. The highest BCUT2D eigenvalue weighted by Crippen LogP contribution is 2.38. The zero-order chi connectivity index (χ0) is 18.8. The Labute approximate surface area is 162 Å². The third kappa shape index (κ3) is 3.66. The van der Waals surface area contributed by atoms with Crippen LogP contribution >= 0.6 is 11.6 Å². The van der Waals surface area contributed by atoms with Gasteiger partial charge in [-0.1, -0.05) is 17.7 Å². The van der Waals surface area contributed by atoms with Gasteiger partial charge in [0.1, 0.15) is 5.75 Å². The number of anilines is 1. The highest BCUT2D eigenvalue weighted by molar-refractivity contribution is 6.32. The van der Waals surface area contributed by atoms with Gasteiger partial charge in [0.15, 0.2) is 5.75 Å². The predicted octanol–water partition coefficient (Wildman–Crippen LogP) is 4.32. The molecule has 1 unspecified atom stereocenters. The molecule has 1 amide bonds. The van der Waals surface area contributed by atoms with Gasteiger partial charge in [-0.2, -0.15) is 5.10 Å². The molecule has 1 aromatic carbocycles. The molecule has 138 valence electrons. The molecule has 1 aliphatic carbocycles. The second-order valence-electron chi connectivity index (χ2n) is 6.55. The summed E-state index contributed by atoms with van der Waals surface area (Å²) in [5.74, 6) is 0.644. The summed E-state index contributed by atoms with van der Waals surface area (Å²) < 4.78 is 7.65. The maximum atomic E-state index is 13.0. The minimum absolute atomic E-state index is 0.0812. The summed E-state index contributed by atoms with van der Waals surface area (Å²) in [5.41, 5.74) is 2.53. The van der Waals surface area contributed by atoms with E-state index in [-0.39, 0.29) is 11.8 Å². The first-order valence-corrected chi connectivity index (χ1v) is 9.19. The van der Waals surface area contributed by atoms with E-state index in [1.807, 2.05) is 13.2 Å². The summed E-state index contributed by atoms with van der Waals surface area (Å²) in [4.78, 5) is 17.0. The minimum Gasteiger partial charge on any atom is -0.452 e. The Kier molecular flexibility index (Phi) is 4.81. The summed E-state index contributed by atoms with van der Waals surface area (Å²) in [6.07, 6.45) is 7.84. The van der Waals surface area contributed by atoms with E-state index in [1.165, 1.54) is 0 Å². The number of aromatic nitrogens is 3. The van der Waals surface area contributed by atoms with Crippen molar-refractivity contribution in [1.82, 2.24) is 14.8 Å². The van der Waals surface area contributed by atoms with Crippen molar-refractivity contribution in [2.45, 2.75) is 25.2 Å². The number of carbonyl (C=O) groups is 1. The molecule has 3 aromatic rings. The van der Waals surface area contributed by atoms with Gasteiger partial charge >= 0.3 is 0 Å². The molecule has 2 aromatic heterocycles. The van der Waals surface area contributed by atoms with Gasteiger partial charge in [-0.3, -0.25) is 14.5 Å². The molecule has 0 fully saturated rings. The number of benzene rings is 1. The average Bonchev–Trinajstić information content (AvgIpc) is 3.05. The van der Waals surface area contributed by atoms with Gasteiger partial charge in [0.05, 0.1) is 28.5 Å². The van der Waals surface area contributed by atoms with Crippen molar-refractivity contribution < 1.29 is 9.53 Å². The minimum atomic E-state index is -0.229. The second kappa shape index (κ2) is 7.40. The highest BCUT2D eigenvalue weighted by atomic mass is 35.5. The van der Waals surface area contributed by atoms with Crippen LogP contribution in [0.5, 0.6) is 11.5 Å². The Bertz CT molecular complexity index is 971. The molecular weight excluding hydrogens is 364 g/mol. The van der Waals surface area contributed by atoms with E-state index in [2.05, 4.69) is 15.4 Å². The maximum absolute atomic E-state index is 13.0. The van der Waals surface area contributed by atoms with Crippen LogP contribution in [0.15, 0.2) is 48.9 Å². The fourth-order valence-corrected chi connectivity index (χ4v) is 3.61. The molecule has 1 atom stereocenters. The molecule has 27 heavy (non-hydrogen) atoms. The Hall–Kier alpha value is -2.86. The Morgan fingerprint density at radius 1 is 1.33 bits per heavy atom. The first kappa shape index (κ1) is 17.5. The average molecular weight is 383 g/mol. The van der Waals surface area contributed by atoms with Crippen molar-refractivity contribution >= 4 is 23.2 Å². The van der Waals surface area contributed by atoms with Crippen LogP contribution in [-0.4, -0.2) is 20.7 Å². The number of aryl methyl sites for hydroxylation is 2. The quantitative estimate of drug-likeness (QED) is 0.729. The number of nitrogens with zero attached hydrogens (tertiary/aromatic N) is 3. The van der Waals surface area contributed by atoms with Crippen LogP contribution < -0.4 is 10.1 Å². The Morgan fingerprint density at radius 2 is 2.22 bits per heavy atom. The van der Waals surface area contributed by atoms with Gasteiger partial charge in [-0.25, -0.2) is 0 Å². The number of carbonyl (C=O) groups excluding carboxylic acids is 1. The molecule has 2 heterocycles. The lowest BCUT2D eigenvalue weighted by Crippen LogP contribution is -2.24. The van der Waals surface area contributed by atoms with E-state index in [0.717, 1.165) is 30.5 Å². The third-order valence-electron chi connectivity index (χ3n) is 4.62. The molecular formula is C20H19ClN4O2. The van der Waals surface area contributed by atoms with Crippen molar-refractivity contribution in [1.29, 1.82) is 0 Å². The monoisotopic (exact) mass is 382 g/mol. The lowest BCUT2D eigenvalue weighted by molar-refractivity contribution is -0.117. The van der Waals surface area contributed by atoms with Crippen molar-refractivity contribution in [3.05, 3.63) is 65.2 Å². The van der Waals surface area contributed by atoms with E-state index in [4.69, 9.17) is 16.3 Å². The number of pyridine rings is 1. The molecule has 0 saturated heterocycles. The van der Waals surface area contributed by atoms with Crippen LogP contribution in [-0.2, 0) is 18.3 Å². The van der Waals surface area contributed by atoms with E-state index in [9.17, 15) is 4.79 Å². The van der Waals surface area contributed by atoms with Gasteiger partial charge < -0.3 is 10.1 Å². The molecule has 4 rings (SSSR count). The highest BCUT2D eigenvalue weighted by Gasteiger charge is 2.29. The van der Waals surface area contributed by atoms with Crippen LogP contribution in [0.4, 0.5) is 5.69 Å². The van der Waals surface area contributed by atoms with Crippen molar-refractivity contribution in [3.8, 4) is 11.5 Å². The van der Waals surface area contributed by atoms with Gasteiger partial charge in [-0.05, 0) is 43.5 Å².